The van der Waals surface area contributed by atoms with Crippen LogP contribution in [0.1, 0.15) is 35.7 Å². The Hall–Kier alpha value is -2.06. The van der Waals surface area contributed by atoms with Crippen molar-refractivity contribution in [2.24, 2.45) is 5.92 Å². The van der Waals surface area contributed by atoms with Crippen LogP contribution < -0.4 is 0 Å². The van der Waals surface area contributed by atoms with Gasteiger partial charge in [-0.1, -0.05) is 71.7 Å². The maximum atomic E-state index is 12.8. The molecule has 1 saturated heterocycles. The molecule has 0 atom stereocenters. The van der Waals surface area contributed by atoms with Crippen LogP contribution in [0, 0.1) is 49.2 Å². The average Bonchev–Trinajstić information content (AvgIpc) is 3.20. The minimum Gasteiger partial charge on any atom is -0.355 e. The molecule has 1 aliphatic carbocycles. The van der Waals surface area contributed by atoms with Crippen LogP contribution in [0.5, 0.6) is 0 Å². The van der Waals surface area contributed by atoms with E-state index in [9.17, 15) is 4.79 Å². The van der Waals surface area contributed by atoms with Crippen molar-refractivity contribution in [1.82, 2.24) is 14.7 Å². The summed E-state index contributed by atoms with van der Waals surface area (Å²) in [5, 5.41) is 5.54. The van der Waals surface area contributed by atoms with E-state index in [1.54, 1.807) is 0 Å². The number of halogens is 1. The van der Waals surface area contributed by atoms with Gasteiger partial charge in [-0.3, -0.25) is 20.7 Å². The smallest absolute Gasteiger partial charge is 0.355 e. The number of carbonyl (C=O) groups excluding carboxylic acids is 1. The Bertz CT molecular complexity index is 1210. The number of nitrogens with zero attached hydrogens (tertiary/aromatic N) is 3. The zero-order valence-corrected chi connectivity index (χ0v) is 24.1. The second kappa shape index (κ2) is 11.1. The second-order valence-electron chi connectivity index (χ2n) is 8.89. The molecule has 4 nitrogen and oxygen atoms in total. The largest absolute Gasteiger partial charge is 2.00 e. The number of carbonyl (C=O) groups is 1. The van der Waals surface area contributed by atoms with Gasteiger partial charge in [-0.05, 0) is 42.0 Å². The molecular formula is C28H26ClN3OU. The predicted octanol–water partition coefficient (Wildman–Crippen LogP) is 5.17. The molecular weight excluding hydrogens is 668 g/mol. The third kappa shape index (κ3) is 5.77. The van der Waals surface area contributed by atoms with Gasteiger partial charge in [0.05, 0.1) is 6.54 Å². The summed E-state index contributed by atoms with van der Waals surface area (Å²) in [4.78, 5) is 14.7. The van der Waals surface area contributed by atoms with Crippen molar-refractivity contribution >= 4 is 23.1 Å². The number of likely N-dealkylation sites (tertiary alicyclic amines) is 1. The first-order valence-corrected chi connectivity index (χ1v) is 11.8. The Morgan fingerprint density at radius 2 is 1.85 bits per heavy atom. The van der Waals surface area contributed by atoms with Gasteiger partial charge >= 0.3 is 31.1 Å². The van der Waals surface area contributed by atoms with E-state index < -0.39 is 0 Å². The number of hydrogen-bond acceptors (Lipinski definition) is 2. The number of hydrogen-bond donors (Lipinski definition) is 0. The molecule has 2 aliphatic rings. The molecule has 34 heavy (non-hydrogen) atoms. The molecule has 0 N–H and O–H groups in total. The maximum Gasteiger partial charge on any atom is 2.00 e. The van der Waals surface area contributed by atoms with Gasteiger partial charge in [0.15, 0.2) is 0 Å². The van der Waals surface area contributed by atoms with Gasteiger partial charge in [0.25, 0.3) is 0 Å². The molecule has 1 amide bonds. The molecule has 0 radical (unpaired) electrons. The molecule has 0 bridgehead atoms. The number of rotatable bonds is 6. The second-order valence-corrected chi connectivity index (χ2v) is 9.33. The van der Waals surface area contributed by atoms with Gasteiger partial charge in [0.2, 0.25) is 0 Å². The summed E-state index contributed by atoms with van der Waals surface area (Å²) in [6.07, 6.45) is 11.4. The number of fused-ring (bicyclic) bond motifs is 1. The Morgan fingerprint density at radius 3 is 2.59 bits per heavy atom. The van der Waals surface area contributed by atoms with Gasteiger partial charge in [0, 0.05) is 24.3 Å². The number of amides is 1. The van der Waals surface area contributed by atoms with Crippen molar-refractivity contribution in [3.05, 3.63) is 106 Å². The molecule has 2 aromatic carbocycles. The van der Waals surface area contributed by atoms with Crippen LogP contribution in [-0.2, 0) is 24.2 Å². The predicted molar refractivity (Wildman–Crippen MR) is 130 cm³/mol. The average molecular weight is 694 g/mol. The molecule has 0 saturated carbocycles. The van der Waals surface area contributed by atoms with E-state index in [4.69, 9.17) is 16.7 Å². The number of aryl methyl sites for hydroxylation is 1. The Kier molecular flexibility index (Phi) is 8.19. The summed E-state index contributed by atoms with van der Waals surface area (Å²) in [6, 6.07) is 18.3. The van der Waals surface area contributed by atoms with Crippen LogP contribution in [0.25, 0.3) is 5.57 Å². The third-order valence-corrected chi connectivity index (χ3v) is 6.56. The summed E-state index contributed by atoms with van der Waals surface area (Å²) in [5.41, 5.74) is 6.29. The molecule has 6 heteroatoms. The maximum absolute atomic E-state index is 12.8. The normalized spacial score (nSPS) is 15.8. The summed E-state index contributed by atoms with van der Waals surface area (Å²) in [7, 11) is 0. The first-order chi connectivity index (χ1) is 16.0. The Balaban J connectivity index is 0.00000274. The van der Waals surface area contributed by atoms with Gasteiger partial charge < -0.3 is 16.0 Å². The van der Waals surface area contributed by atoms with E-state index in [1.165, 1.54) is 11.1 Å². The van der Waals surface area contributed by atoms with E-state index >= 15 is 0 Å². The fourth-order valence-electron chi connectivity index (χ4n) is 4.54. The molecule has 0 spiro atoms. The molecule has 1 aromatic heterocycles. The van der Waals surface area contributed by atoms with Crippen molar-refractivity contribution < 1.29 is 35.9 Å². The van der Waals surface area contributed by atoms with Crippen LogP contribution in [0.2, 0.25) is 5.02 Å². The zero-order valence-electron chi connectivity index (χ0n) is 19.2. The standard InChI is InChI=1S/C28H26ClN3O.U/c1-20(14-27(33)31-16-23(17-31)15-21-6-3-2-4-7-21)26-9-5-8-24-19-32(30-28(24)26)18-22-10-12-25(29)13-11-22;/h2-4,6-7,10-13,19,23H,5,8,15-18H2,1H3;/q-2;+2. The number of benzene rings is 2. The first kappa shape index (κ1) is 25.0. The monoisotopic (exact) mass is 693 g/mol. The van der Waals surface area contributed by atoms with E-state index in [-0.39, 0.29) is 37.0 Å². The van der Waals surface area contributed by atoms with Crippen molar-refractivity contribution in [3.8, 4) is 0 Å². The molecule has 0 unspecified atom stereocenters. The zero-order chi connectivity index (χ0) is 22.8. The van der Waals surface area contributed by atoms with E-state index in [0.717, 1.165) is 59.8 Å². The minimum atomic E-state index is -0.0427. The van der Waals surface area contributed by atoms with Gasteiger partial charge in [0.1, 0.15) is 5.91 Å². The topological polar surface area (TPSA) is 38.1 Å². The molecule has 170 valence electrons. The third-order valence-electron chi connectivity index (χ3n) is 6.31. The van der Waals surface area contributed by atoms with Crippen LogP contribution in [0.4, 0.5) is 0 Å². The van der Waals surface area contributed by atoms with Crippen LogP contribution in [-0.4, -0.2) is 33.7 Å². The van der Waals surface area contributed by atoms with Gasteiger partial charge in [-0.25, -0.2) is 6.08 Å². The van der Waals surface area contributed by atoms with E-state index in [2.05, 4.69) is 42.6 Å². The first-order valence-electron chi connectivity index (χ1n) is 11.4. The minimum absolute atomic E-state index is 0. The fraction of sp³-hybridized carbons (Fsp3) is 0.286. The Labute approximate surface area is 230 Å². The summed E-state index contributed by atoms with van der Waals surface area (Å²) in [6.45, 7) is 4.20. The molecule has 2 heterocycles. The van der Waals surface area contributed by atoms with Crippen molar-refractivity contribution in [2.75, 3.05) is 13.1 Å². The number of aromatic nitrogens is 2. The molecule has 5 rings (SSSR count). The van der Waals surface area contributed by atoms with Crippen LogP contribution in [0.15, 0.2) is 66.4 Å². The quantitative estimate of drug-likeness (QED) is 0.264. The molecule has 1 fully saturated rings. The van der Waals surface area contributed by atoms with E-state index in [1.807, 2.05) is 46.8 Å². The number of allylic oxidation sites excluding steroid dienone is 3. The summed E-state index contributed by atoms with van der Waals surface area (Å²) in [5.74, 6) is 0.480. The van der Waals surface area contributed by atoms with Crippen LogP contribution >= 0.6 is 11.6 Å². The van der Waals surface area contributed by atoms with Crippen molar-refractivity contribution in [1.29, 1.82) is 0 Å². The van der Waals surface area contributed by atoms with Crippen molar-refractivity contribution in [3.63, 3.8) is 0 Å². The Morgan fingerprint density at radius 1 is 1.12 bits per heavy atom. The summed E-state index contributed by atoms with van der Waals surface area (Å²) < 4.78 is 1.96. The molecule has 1 aliphatic heterocycles. The van der Waals surface area contributed by atoms with Crippen LogP contribution in [0.3, 0.4) is 0 Å². The SMILES string of the molecule is CC(=[C-]C(=O)N1CC(Cc2ccccc2)C1)C1=[C-]CCc2cn(Cc3ccc(Cl)cc3)nc21.[U+2]. The van der Waals surface area contributed by atoms with Gasteiger partial charge in [-0.15, -0.1) is 6.92 Å². The molecule has 3 aromatic rings. The van der Waals surface area contributed by atoms with Crippen molar-refractivity contribution in [2.45, 2.75) is 32.7 Å². The summed E-state index contributed by atoms with van der Waals surface area (Å²) >= 11 is 6.00. The van der Waals surface area contributed by atoms with Gasteiger partial charge in [-0.2, -0.15) is 0 Å². The fourth-order valence-corrected chi connectivity index (χ4v) is 4.67. The van der Waals surface area contributed by atoms with E-state index in [0.29, 0.717) is 12.5 Å².